The second-order valence-electron chi connectivity index (χ2n) is 6.44. The molecule has 27 heavy (non-hydrogen) atoms. The van der Waals surface area contributed by atoms with Gasteiger partial charge in [-0.3, -0.25) is 9.59 Å². The SMILES string of the molecule is COc1ccc(C)cc1NC(=O)C1CCCN1c1ncc(C(N)=O)cc1Cl. The maximum atomic E-state index is 12.9. The van der Waals surface area contributed by atoms with Crippen molar-refractivity contribution in [3.8, 4) is 5.75 Å². The molecule has 0 radical (unpaired) electrons. The summed E-state index contributed by atoms with van der Waals surface area (Å²) in [6.45, 7) is 2.59. The predicted molar refractivity (Wildman–Crippen MR) is 104 cm³/mol. The number of carbonyl (C=O) groups excluding carboxylic acids is 2. The molecule has 0 bridgehead atoms. The lowest BCUT2D eigenvalue weighted by molar-refractivity contribution is -0.117. The lowest BCUT2D eigenvalue weighted by Crippen LogP contribution is -2.40. The van der Waals surface area contributed by atoms with E-state index >= 15 is 0 Å². The van der Waals surface area contributed by atoms with E-state index in [1.807, 2.05) is 30.0 Å². The Hall–Kier alpha value is -2.80. The molecule has 7 nitrogen and oxygen atoms in total. The van der Waals surface area contributed by atoms with E-state index in [-0.39, 0.29) is 11.5 Å². The number of pyridine rings is 1. The van der Waals surface area contributed by atoms with Gasteiger partial charge >= 0.3 is 0 Å². The molecular weight excluding hydrogens is 368 g/mol. The van der Waals surface area contributed by atoms with Gasteiger partial charge in [0.2, 0.25) is 11.8 Å². The number of nitrogens with two attached hydrogens (primary N) is 1. The van der Waals surface area contributed by atoms with Crippen LogP contribution in [0.15, 0.2) is 30.5 Å². The maximum absolute atomic E-state index is 12.9. The number of nitrogens with one attached hydrogen (secondary N) is 1. The van der Waals surface area contributed by atoms with Gasteiger partial charge in [-0.1, -0.05) is 17.7 Å². The number of benzene rings is 1. The van der Waals surface area contributed by atoms with Gasteiger partial charge in [0.15, 0.2) is 0 Å². The fraction of sp³-hybridized carbons (Fsp3) is 0.316. The summed E-state index contributed by atoms with van der Waals surface area (Å²) in [5.41, 5.74) is 7.13. The highest BCUT2D eigenvalue weighted by Gasteiger charge is 2.33. The van der Waals surface area contributed by atoms with E-state index in [4.69, 9.17) is 22.1 Å². The topological polar surface area (TPSA) is 97.6 Å². The first-order valence-corrected chi connectivity index (χ1v) is 8.96. The molecule has 0 saturated carbocycles. The van der Waals surface area contributed by atoms with Crippen molar-refractivity contribution in [1.29, 1.82) is 0 Å². The number of anilines is 2. The van der Waals surface area contributed by atoms with E-state index in [0.29, 0.717) is 35.2 Å². The number of carbonyl (C=O) groups is 2. The van der Waals surface area contributed by atoms with Gasteiger partial charge in [-0.25, -0.2) is 4.98 Å². The van der Waals surface area contributed by atoms with Gasteiger partial charge in [0.05, 0.1) is 23.4 Å². The minimum Gasteiger partial charge on any atom is -0.495 e. The molecule has 8 heteroatoms. The molecule has 2 aromatic rings. The molecule has 1 saturated heterocycles. The van der Waals surface area contributed by atoms with E-state index in [2.05, 4.69) is 10.3 Å². The van der Waals surface area contributed by atoms with E-state index in [0.717, 1.165) is 12.0 Å². The van der Waals surface area contributed by atoms with Gasteiger partial charge in [-0.2, -0.15) is 0 Å². The first-order valence-electron chi connectivity index (χ1n) is 8.58. The predicted octanol–water partition coefficient (Wildman–Crippen LogP) is 2.76. The lowest BCUT2D eigenvalue weighted by Gasteiger charge is -2.26. The quantitative estimate of drug-likeness (QED) is 0.820. The van der Waals surface area contributed by atoms with Crippen LogP contribution in [0.4, 0.5) is 11.5 Å². The minimum atomic E-state index is -0.599. The largest absolute Gasteiger partial charge is 0.495 e. The fourth-order valence-electron chi connectivity index (χ4n) is 3.21. The van der Waals surface area contributed by atoms with Crippen LogP contribution in [0.25, 0.3) is 0 Å². The van der Waals surface area contributed by atoms with Crippen LogP contribution in [0.3, 0.4) is 0 Å². The molecule has 1 aromatic carbocycles. The van der Waals surface area contributed by atoms with E-state index < -0.39 is 11.9 Å². The number of amides is 2. The molecule has 1 aliphatic rings. The Balaban J connectivity index is 1.83. The van der Waals surface area contributed by atoms with Crippen LogP contribution in [-0.4, -0.2) is 36.5 Å². The van der Waals surface area contributed by atoms with Crippen LogP contribution < -0.4 is 20.7 Å². The maximum Gasteiger partial charge on any atom is 0.250 e. The van der Waals surface area contributed by atoms with Crippen molar-refractivity contribution in [2.24, 2.45) is 5.73 Å². The first-order chi connectivity index (χ1) is 12.9. The van der Waals surface area contributed by atoms with Crippen molar-refractivity contribution in [2.45, 2.75) is 25.8 Å². The molecule has 1 aliphatic heterocycles. The summed E-state index contributed by atoms with van der Waals surface area (Å²) in [7, 11) is 1.56. The third-order valence-corrected chi connectivity index (χ3v) is 4.82. The highest BCUT2D eigenvalue weighted by Crippen LogP contribution is 2.32. The molecule has 142 valence electrons. The number of hydrogen-bond donors (Lipinski definition) is 2. The smallest absolute Gasteiger partial charge is 0.250 e. The Bertz CT molecular complexity index is 887. The number of rotatable bonds is 5. The number of aryl methyl sites for hydroxylation is 1. The number of methoxy groups -OCH3 is 1. The second-order valence-corrected chi connectivity index (χ2v) is 6.85. The summed E-state index contributed by atoms with van der Waals surface area (Å²) in [5.74, 6) is 0.308. The molecular formula is C19H21ClN4O3. The number of halogens is 1. The van der Waals surface area contributed by atoms with Crippen molar-refractivity contribution < 1.29 is 14.3 Å². The first kappa shape index (κ1) is 19.0. The van der Waals surface area contributed by atoms with E-state index in [1.54, 1.807) is 7.11 Å². The molecule has 2 amide bonds. The molecule has 0 aliphatic carbocycles. The molecule has 3 rings (SSSR count). The number of hydrogen-bond acceptors (Lipinski definition) is 5. The Kier molecular flexibility index (Phi) is 5.51. The molecule has 0 spiro atoms. The molecule has 3 N–H and O–H groups in total. The number of primary amides is 1. The number of aromatic nitrogens is 1. The van der Waals surface area contributed by atoms with E-state index in [9.17, 15) is 9.59 Å². The van der Waals surface area contributed by atoms with Crippen LogP contribution >= 0.6 is 11.6 Å². The van der Waals surface area contributed by atoms with Crippen molar-refractivity contribution in [3.05, 3.63) is 46.6 Å². The van der Waals surface area contributed by atoms with Crippen molar-refractivity contribution in [3.63, 3.8) is 0 Å². The van der Waals surface area contributed by atoms with Gasteiger partial charge in [0, 0.05) is 12.7 Å². The lowest BCUT2D eigenvalue weighted by atomic mass is 10.1. The third-order valence-electron chi connectivity index (χ3n) is 4.55. The van der Waals surface area contributed by atoms with Crippen molar-refractivity contribution in [1.82, 2.24) is 4.98 Å². The number of ether oxygens (including phenoxy) is 1. The summed E-state index contributed by atoms with van der Waals surface area (Å²) in [4.78, 5) is 30.3. The van der Waals surface area contributed by atoms with Crippen molar-refractivity contribution in [2.75, 3.05) is 23.9 Å². The zero-order valence-corrected chi connectivity index (χ0v) is 15.9. The minimum absolute atomic E-state index is 0.159. The average Bonchev–Trinajstić information content (AvgIpc) is 3.11. The van der Waals surface area contributed by atoms with Crippen LogP contribution in [0.1, 0.15) is 28.8 Å². The molecule has 1 atom stereocenters. The van der Waals surface area contributed by atoms with E-state index in [1.165, 1.54) is 12.3 Å². The Morgan fingerprint density at radius 2 is 2.15 bits per heavy atom. The summed E-state index contributed by atoms with van der Waals surface area (Å²) in [6.07, 6.45) is 2.88. The zero-order chi connectivity index (χ0) is 19.6. The molecule has 1 unspecified atom stereocenters. The molecule has 2 heterocycles. The zero-order valence-electron chi connectivity index (χ0n) is 15.2. The summed E-state index contributed by atoms with van der Waals surface area (Å²) in [5, 5.41) is 3.23. The van der Waals surface area contributed by atoms with Crippen LogP contribution in [0, 0.1) is 6.92 Å². The Morgan fingerprint density at radius 1 is 1.37 bits per heavy atom. The monoisotopic (exact) mass is 388 g/mol. The van der Waals surface area contributed by atoms with Crippen LogP contribution in [0.2, 0.25) is 5.02 Å². The highest BCUT2D eigenvalue weighted by atomic mass is 35.5. The average molecular weight is 389 g/mol. The fourth-order valence-corrected chi connectivity index (χ4v) is 3.48. The van der Waals surface area contributed by atoms with Gasteiger partial charge < -0.3 is 20.7 Å². The number of nitrogens with zero attached hydrogens (tertiary/aromatic N) is 2. The van der Waals surface area contributed by atoms with Crippen molar-refractivity contribution >= 4 is 34.9 Å². The van der Waals surface area contributed by atoms with Crippen LogP contribution in [-0.2, 0) is 4.79 Å². The summed E-state index contributed by atoms with van der Waals surface area (Å²) < 4.78 is 5.32. The second kappa shape index (κ2) is 7.84. The summed E-state index contributed by atoms with van der Waals surface area (Å²) in [6, 6.07) is 6.66. The Labute approximate surface area is 162 Å². The van der Waals surface area contributed by atoms with Gasteiger partial charge in [-0.05, 0) is 43.5 Å². The third kappa shape index (κ3) is 3.98. The van der Waals surface area contributed by atoms with Crippen LogP contribution in [0.5, 0.6) is 5.75 Å². The molecule has 1 aromatic heterocycles. The standard InChI is InChI=1S/C19H21ClN4O3/c1-11-5-6-16(27-2)14(8-11)23-19(26)15-4-3-7-24(15)18-13(20)9-12(10-22-18)17(21)25/h5-6,8-10,15H,3-4,7H2,1-2H3,(H2,21,25)(H,23,26). The highest BCUT2D eigenvalue weighted by molar-refractivity contribution is 6.33. The molecule has 1 fully saturated rings. The van der Waals surface area contributed by atoms with Gasteiger partial charge in [-0.15, -0.1) is 0 Å². The normalized spacial score (nSPS) is 16.3. The van der Waals surface area contributed by atoms with Gasteiger partial charge in [0.1, 0.15) is 17.6 Å². The Morgan fingerprint density at radius 3 is 2.81 bits per heavy atom. The summed E-state index contributed by atoms with van der Waals surface area (Å²) >= 11 is 6.29. The van der Waals surface area contributed by atoms with Gasteiger partial charge in [0.25, 0.3) is 0 Å².